The molecular weight excluding hydrogens is 280 g/mol. The molecule has 0 radical (unpaired) electrons. The number of rotatable bonds is 7. The van der Waals surface area contributed by atoms with Crippen molar-refractivity contribution in [2.75, 3.05) is 7.11 Å². The predicted molar refractivity (Wildman–Crippen MR) is 90.3 cm³/mol. The van der Waals surface area contributed by atoms with E-state index in [0.29, 0.717) is 0 Å². The molecule has 2 aromatic rings. The lowest BCUT2D eigenvalue weighted by atomic mass is 10.0. The van der Waals surface area contributed by atoms with Crippen LogP contribution in [-0.2, 0) is 12.8 Å². The Morgan fingerprint density at radius 1 is 1.05 bits per heavy atom. The molecular formula is C19H23ClO. The zero-order chi connectivity index (χ0) is 15.1. The summed E-state index contributed by atoms with van der Waals surface area (Å²) in [7, 11) is 1.69. The van der Waals surface area contributed by atoms with Gasteiger partial charge in [0, 0.05) is 0 Å². The van der Waals surface area contributed by atoms with Gasteiger partial charge in [-0.3, -0.25) is 0 Å². The van der Waals surface area contributed by atoms with Crippen molar-refractivity contribution in [1.29, 1.82) is 0 Å². The SMILES string of the molecule is CCCCc1ccc(C(Cl)Cc2cccc(OC)c2)cc1. The summed E-state index contributed by atoms with van der Waals surface area (Å²) in [6.07, 6.45) is 4.44. The van der Waals surface area contributed by atoms with Gasteiger partial charge in [0.1, 0.15) is 5.75 Å². The molecule has 21 heavy (non-hydrogen) atoms. The zero-order valence-corrected chi connectivity index (χ0v) is 13.6. The van der Waals surface area contributed by atoms with Crippen molar-refractivity contribution in [3.63, 3.8) is 0 Å². The molecule has 2 heteroatoms. The number of hydrogen-bond donors (Lipinski definition) is 0. The number of unbranched alkanes of at least 4 members (excludes halogenated alkanes) is 1. The summed E-state index contributed by atoms with van der Waals surface area (Å²) in [6, 6.07) is 16.8. The predicted octanol–water partition coefficient (Wildman–Crippen LogP) is 5.56. The fraction of sp³-hybridized carbons (Fsp3) is 0.368. The fourth-order valence-electron chi connectivity index (χ4n) is 2.40. The minimum atomic E-state index is -0.00247. The molecule has 0 fully saturated rings. The number of ether oxygens (including phenoxy) is 1. The third kappa shape index (κ3) is 4.78. The minimum Gasteiger partial charge on any atom is -0.497 e. The average Bonchev–Trinajstić information content (AvgIpc) is 2.53. The maximum Gasteiger partial charge on any atom is 0.119 e. The smallest absolute Gasteiger partial charge is 0.119 e. The lowest BCUT2D eigenvalue weighted by Crippen LogP contribution is -1.97. The van der Waals surface area contributed by atoms with E-state index in [1.54, 1.807) is 7.11 Å². The van der Waals surface area contributed by atoms with Crippen LogP contribution >= 0.6 is 11.6 Å². The molecule has 1 unspecified atom stereocenters. The van der Waals surface area contributed by atoms with Gasteiger partial charge in [0.2, 0.25) is 0 Å². The molecule has 112 valence electrons. The highest BCUT2D eigenvalue weighted by molar-refractivity contribution is 6.20. The first-order valence-electron chi connectivity index (χ1n) is 7.58. The minimum absolute atomic E-state index is 0.00247. The number of alkyl halides is 1. The van der Waals surface area contributed by atoms with Gasteiger partial charge in [0.25, 0.3) is 0 Å². The van der Waals surface area contributed by atoms with Crippen molar-refractivity contribution < 1.29 is 4.74 Å². The van der Waals surface area contributed by atoms with E-state index < -0.39 is 0 Å². The van der Waals surface area contributed by atoms with Gasteiger partial charge in [-0.25, -0.2) is 0 Å². The second kappa shape index (κ2) is 8.09. The van der Waals surface area contributed by atoms with Gasteiger partial charge in [-0.15, -0.1) is 11.6 Å². The van der Waals surface area contributed by atoms with Gasteiger partial charge >= 0.3 is 0 Å². The Bertz CT molecular complexity index is 548. The van der Waals surface area contributed by atoms with E-state index in [1.807, 2.05) is 18.2 Å². The standard InChI is InChI=1S/C19H23ClO/c1-3-4-6-15-9-11-17(12-10-15)19(20)14-16-7-5-8-18(13-16)21-2/h5,7-13,19H,3-4,6,14H2,1-2H3. The lowest BCUT2D eigenvalue weighted by molar-refractivity contribution is 0.414. The van der Waals surface area contributed by atoms with Crippen molar-refractivity contribution in [1.82, 2.24) is 0 Å². The topological polar surface area (TPSA) is 9.23 Å². The molecule has 0 heterocycles. The summed E-state index contributed by atoms with van der Waals surface area (Å²) in [5, 5.41) is -0.00247. The maximum absolute atomic E-state index is 6.55. The molecule has 0 saturated heterocycles. The van der Waals surface area contributed by atoms with Crippen LogP contribution in [0.25, 0.3) is 0 Å². The number of methoxy groups -OCH3 is 1. The highest BCUT2D eigenvalue weighted by Crippen LogP contribution is 2.27. The quantitative estimate of drug-likeness (QED) is 0.608. The van der Waals surface area contributed by atoms with Gasteiger partial charge in [-0.2, -0.15) is 0 Å². The van der Waals surface area contributed by atoms with Crippen LogP contribution in [0.4, 0.5) is 0 Å². The van der Waals surface area contributed by atoms with E-state index in [2.05, 4.69) is 37.3 Å². The summed E-state index contributed by atoms with van der Waals surface area (Å²) in [5.41, 5.74) is 3.77. The summed E-state index contributed by atoms with van der Waals surface area (Å²) in [4.78, 5) is 0. The highest BCUT2D eigenvalue weighted by atomic mass is 35.5. The third-order valence-electron chi connectivity index (χ3n) is 3.71. The monoisotopic (exact) mass is 302 g/mol. The lowest BCUT2D eigenvalue weighted by Gasteiger charge is -2.12. The summed E-state index contributed by atoms with van der Waals surface area (Å²) in [6.45, 7) is 2.22. The third-order valence-corrected chi connectivity index (χ3v) is 4.12. The molecule has 2 aromatic carbocycles. The molecule has 0 saturated carbocycles. The first-order chi connectivity index (χ1) is 10.2. The number of benzene rings is 2. The van der Waals surface area contributed by atoms with Crippen molar-refractivity contribution in [2.45, 2.75) is 38.0 Å². The van der Waals surface area contributed by atoms with Gasteiger partial charge in [0.05, 0.1) is 12.5 Å². The highest BCUT2D eigenvalue weighted by Gasteiger charge is 2.09. The van der Waals surface area contributed by atoms with Gasteiger partial charge in [-0.1, -0.05) is 49.7 Å². The Balaban J connectivity index is 2.00. The Morgan fingerprint density at radius 3 is 2.48 bits per heavy atom. The number of halogens is 1. The molecule has 1 nitrogen and oxygen atoms in total. The van der Waals surface area contributed by atoms with Gasteiger partial charge in [-0.05, 0) is 48.1 Å². The molecule has 0 aliphatic heterocycles. The van der Waals surface area contributed by atoms with Crippen LogP contribution in [0.5, 0.6) is 5.75 Å². The Morgan fingerprint density at radius 2 is 1.81 bits per heavy atom. The van der Waals surface area contributed by atoms with E-state index >= 15 is 0 Å². The molecule has 0 aliphatic rings. The van der Waals surface area contributed by atoms with Crippen LogP contribution < -0.4 is 4.74 Å². The Labute approximate surface area is 132 Å². The Kier molecular flexibility index (Phi) is 6.13. The van der Waals surface area contributed by atoms with E-state index in [1.165, 1.54) is 29.5 Å². The van der Waals surface area contributed by atoms with Crippen LogP contribution in [0, 0.1) is 0 Å². The largest absolute Gasteiger partial charge is 0.497 e. The van der Waals surface area contributed by atoms with E-state index in [0.717, 1.165) is 18.6 Å². The summed E-state index contributed by atoms with van der Waals surface area (Å²) in [5.74, 6) is 0.881. The average molecular weight is 303 g/mol. The van der Waals surface area contributed by atoms with Crippen molar-refractivity contribution >= 4 is 11.6 Å². The van der Waals surface area contributed by atoms with Crippen LogP contribution in [0.3, 0.4) is 0 Å². The van der Waals surface area contributed by atoms with E-state index in [9.17, 15) is 0 Å². The van der Waals surface area contributed by atoms with Crippen molar-refractivity contribution in [2.24, 2.45) is 0 Å². The van der Waals surface area contributed by atoms with Gasteiger partial charge in [0.15, 0.2) is 0 Å². The molecule has 0 aromatic heterocycles. The second-order valence-corrected chi connectivity index (χ2v) is 5.90. The molecule has 0 spiro atoms. The van der Waals surface area contributed by atoms with Crippen LogP contribution in [0.15, 0.2) is 48.5 Å². The van der Waals surface area contributed by atoms with Crippen LogP contribution in [-0.4, -0.2) is 7.11 Å². The Hall–Kier alpha value is -1.47. The normalized spacial score (nSPS) is 12.1. The van der Waals surface area contributed by atoms with Crippen molar-refractivity contribution in [3.05, 3.63) is 65.2 Å². The molecule has 0 bridgehead atoms. The molecule has 0 amide bonds. The van der Waals surface area contributed by atoms with Crippen LogP contribution in [0.2, 0.25) is 0 Å². The molecule has 0 N–H and O–H groups in total. The first-order valence-corrected chi connectivity index (χ1v) is 8.02. The van der Waals surface area contributed by atoms with Crippen molar-refractivity contribution in [3.8, 4) is 5.75 Å². The van der Waals surface area contributed by atoms with Crippen LogP contribution in [0.1, 0.15) is 41.8 Å². The fourth-order valence-corrected chi connectivity index (χ4v) is 2.72. The number of hydrogen-bond acceptors (Lipinski definition) is 1. The zero-order valence-electron chi connectivity index (χ0n) is 12.8. The second-order valence-electron chi connectivity index (χ2n) is 5.37. The van der Waals surface area contributed by atoms with E-state index in [4.69, 9.17) is 16.3 Å². The summed E-state index contributed by atoms with van der Waals surface area (Å²) < 4.78 is 5.25. The summed E-state index contributed by atoms with van der Waals surface area (Å²) >= 11 is 6.55. The number of aryl methyl sites for hydroxylation is 1. The van der Waals surface area contributed by atoms with Gasteiger partial charge < -0.3 is 4.74 Å². The first kappa shape index (κ1) is 15.9. The maximum atomic E-state index is 6.55. The van der Waals surface area contributed by atoms with E-state index in [-0.39, 0.29) is 5.38 Å². The molecule has 0 aliphatic carbocycles. The molecule has 2 rings (SSSR count). The molecule has 1 atom stereocenters.